The van der Waals surface area contributed by atoms with E-state index < -0.39 is 16.8 Å². The summed E-state index contributed by atoms with van der Waals surface area (Å²) in [6.07, 6.45) is 0.692. The van der Waals surface area contributed by atoms with Crippen LogP contribution in [0.1, 0.15) is 88.6 Å². The van der Waals surface area contributed by atoms with Crippen molar-refractivity contribution in [2.45, 2.75) is 112 Å². The van der Waals surface area contributed by atoms with Gasteiger partial charge in [0, 0.05) is 64.1 Å². The van der Waals surface area contributed by atoms with E-state index in [1.165, 1.54) is 0 Å². The van der Waals surface area contributed by atoms with Crippen LogP contribution >= 0.6 is 0 Å². The molecule has 11 heteroatoms. The number of hydrogen-bond donors (Lipinski definition) is 1. The average Bonchev–Trinajstić information content (AvgIpc) is 2.88. The molecule has 1 aromatic carbocycles. The first kappa shape index (κ1) is 42.4. The second-order valence-corrected chi connectivity index (χ2v) is 17.7. The van der Waals surface area contributed by atoms with Crippen LogP contribution in [0.2, 0.25) is 0 Å². The van der Waals surface area contributed by atoms with E-state index >= 15 is 0 Å². The maximum Gasteiger partial charge on any atom is 0.320 e. The van der Waals surface area contributed by atoms with E-state index in [0.29, 0.717) is 57.9 Å². The normalized spacial score (nSPS) is 19.1. The van der Waals surface area contributed by atoms with Crippen LogP contribution in [0.25, 0.3) is 0 Å². The lowest BCUT2D eigenvalue weighted by molar-refractivity contribution is -0.159. The molecule has 0 amide bonds. The fraction of sp³-hybridized carbons (Fsp3) is 0.763. The number of ether oxygens (including phenoxy) is 3. The fourth-order valence-corrected chi connectivity index (χ4v) is 5.86. The number of nitrogens with two attached hydrogens (primary N) is 1. The highest BCUT2D eigenvalue weighted by Gasteiger charge is 2.30. The van der Waals surface area contributed by atoms with E-state index in [4.69, 9.17) is 19.9 Å². The molecule has 2 rings (SSSR count). The van der Waals surface area contributed by atoms with E-state index in [1.807, 2.05) is 86.6 Å². The van der Waals surface area contributed by atoms with Gasteiger partial charge in [-0.05, 0) is 91.8 Å². The molecule has 0 saturated carbocycles. The summed E-state index contributed by atoms with van der Waals surface area (Å²) < 4.78 is 17.2. The third kappa shape index (κ3) is 19.3. The zero-order valence-electron chi connectivity index (χ0n) is 32.7. The van der Waals surface area contributed by atoms with E-state index in [0.717, 1.165) is 12.1 Å². The number of hydrogen-bond acceptors (Lipinski definition) is 11. The Labute approximate surface area is 296 Å². The molecule has 0 aromatic heterocycles. The number of carbonyl (C=O) groups is 3. The summed E-state index contributed by atoms with van der Waals surface area (Å²) in [4.78, 5) is 48.3. The minimum atomic E-state index is -0.616. The molecule has 49 heavy (non-hydrogen) atoms. The molecule has 1 aliphatic heterocycles. The number of carbonyl (C=O) groups excluding carboxylic acids is 3. The lowest BCUT2D eigenvalue weighted by Gasteiger charge is -2.40. The predicted molar refractivity (Wildman–Crippen MR) is 196 cm³/mol. The van der Waals surface area contributed by atoms with Crippen LogP contribution in [0.15, 0.2) is 24.3 Å². The third-order valence-corrected chi connectivity index (χ3v) is 7.60. The summed E-state index contributed by atoms with van der Waals surface area (Å²) in [7, 11) is 0. The Balaban J connectivity index is 2.54. The van der Waals surface area contributed by atoms with Gasteiger partial charge in [0.25, 0.3) is 0 Å². The predicted octanol–water partition coefficient (Wildman–Crippen LogP) is 4.47. The molecule has 2 N–H and O–H groups in total. The highest BCUT2D eigenvalue weighted by Crippen LogP contribution is 2.20. The van der Waals surface area contributed by atoms with Gasteiger partial charge in [-0.3, -0.25) is 34.0 Å². The standard InChI is InChI=1S/C38H67N5O6/c1-35(2,3)28-42-20-19-40(25-32(44)47-36(4,5)6)17-18-41(26-33(45)48-37(7,8)9)21-22-43(27-34(46)49-38(10,11)12)31(24-42)23-29-13-15-30(39)16-14-29/h13-16,31H,17-28,39H2,1-12H3. The van der Waals surface area contributed by atoms with Crippen LogP contribution < -0.4 is 5.73 Å². The van der Waals surface area contributed by atoms with Crippen molar-refractivity contribution in [3.63, 3.8) is 0 Å². The Morgan fingerprint density at radius 1 is 0.612 bits per heavy atom. The minimum Gasteiger partial charge on any atom is -0.459 e. The van der Waals surface area contributed by atoms with E-state index in [9.17, 15) is 14.4 Å². The molecular formula is C38H67N5O6. The molecule has 280 valence electrons. The number of nitrogen functional groups attached to an aromatic ring is 1. The van der Waals surface area contributed by atoms with Crippen molar-refractivity contribution in [3.8, 4) is 0 Å². The highest BCUT2D eigenvalue weighted by atomic mass is 16.6. The summed E-state index contributed by atoms with van der Waals surface area (Å²) in [6, 6.07) is 7.85. The maximum atomic E-state index is 13.4. The second-order valence-electron chi connectivity index (χ2n) is 17.7. The van der Waals surface area contributed by atoms with Gasteiger partial charge in [0.1, 0.15) is 16.8 Å². The molecule has 1 unspecified atom stereocenters. The zero-order valence-corrected chi connectivity index (χ0v) is 32.7. The highest BCUT2D eigenvalue weighted by molar-refractivity contribution is 5.73. The van der Waals surface area contributed by atoms with Crippen molar-refractivity contribution in [3.05, 3.63) is 29.8 Å². The largest absolute Gasteiger partial charge is 0.459 e. The summed E-state index contributed by atoms with van der Waals surface area (Å²) in [5, 5.41) is 0. The number of anilines is 1. The number of esters is 3. The van der Waals surface area contributed by atoms with Gasteiger partial charge in [0.05, 0.1) is 19.6 Å². The van der Waals surface area contributed by atoms with Crippen molar-refractivity contribution in [1.82, 2.24) is 19.6 Å². The fourth-order valence-electron chi connectivity index (χ4n) is 5.86. The van der Waals surface area contributed by atoms with Gasteiger partial charge in [0.15, 0.2) is 0 Å². The molecule has 1 heterocycles. The van der Waals surface area contributed by atoms with Crippen molar-refractivity contribution in [2.24, 2.45) is 5.41 Å². The Morgan fingerprint density at radius 3 is 1.41 bits per heavy atom. The van der Waals surface area contributed by atoms with Crippen LogP contribution in [0.5, 0.6) is 0 Å². The maximum absolute atomic E-state index is 13.4. The van der Waals surface area contributed by atoms with Gasteiger partial charge in [-0.2, -0.15) is 0 Å². The van der Waals surface area contributed by atoms with Gasteiger partial charge >= 0.3 is 17.9 Å². The third-order valence-electron chi connectivity index (χ3n) is 7.60. The molecule has 1 fully saturated rings. The quantitative estimate of drug-likeness (QED) is 0.225. The van der Waals surface area contributed by atoms with Gasteiger partial charge in [-0.25, -0.2) is 0 Å². The Kier molecular flexibility index (Phi) is 15.6. The Hall–Kier alpha value is -2.73. The smallest absolute Gasteiger partial charge is 0.320 e. The topological polar surface area (TPSA) is 118 Å². The molecule has 0 radical (unpaired) electrons. The number of rotatable bonds is 9. The summed E-state index contributed by atoms with van der Waals surface area (Å²) in [5.74, 6) is -0.872. The summed E-state index contributed by atoms with van der Waals surface area (Å²) in [5.41, 5.74) is 6.05. The van der Waals surface area contributed by atoms with Crippen molar-refractivity contribution in [1.29, 1.82) is 0 Å². The molecule has 11 nitrogen and oxygen atoms in total. The van der Waals surface area contributed by atoms with Gasteiger partial charge < -0.3 is 19.9 Å². The average molecular weight is 690 g/mol. The Bertz CT molecular complexity index is 1190. The molecule has 1 saturated heterocycles. The van der Waals surface area contributed by atoms with Gasteiger partial charge in [0.2, 0.25) is 0 Å². The summed E-state index contributed by atoms with van der Waals surface area (Å²) >= 11 is 0. The molecule has 0 spiro atoms. The first-order valence-corrected chi connectivity index (χ1v) is 17.8. The second kappa shape index (κ2) is 18.0. The first-order valence-electron chi connectivity index (χ1n) is 17.8. The van der Waals surface area contributed by atoms with Gasteiger partial charge in [-0.15, -0.1) is 0 Å². The van der Waals surface area contributed by atoms with Crippen molar-refractivity contribution in [2.75, 3.05) is 77.7 Å². The SMILES string of the molecule is CC(C)(C)CN1CCN(CC(=O)OC(C)(C)C)CCN(CC(=O)OC(C)(C)C)CCN(CC(=O)OC(C)(C)C)C(Cc2ccc(N)cc2)C1. The van der Waals surface area contributed by atoms with Crippen LogP contribution in [-0.2, 0) is 35.0 Å². The van der Waals surface area contributed by atoms with E-state index in [-0.39, 0.29) is 49.0 Å². The number of nitrogens with zero attached hydrogens (tertiary/aromatic N) is 4. The first-order chi connectivity index (χ1) is 22.4. The lowest BCUT2D eigenvalue weighted by atomic mass is 9.95. The minimum absolute atomic E-state index is 0.0129. The summed E-state index contributed by atoms with van der Waals surface area (Å²) in [6.45, 7) is 28.9. The monoisotopic (exact) mass is 690 g/mol. The van der Waals surface area contributed by atoms with Crippen molar-refractivity contribution < 1.29 is 28.6 Å². The van der Waals surface area contributed by atoms with Crippen LogP contribution in [0.4, 0.5) is 5.69 Å². The molecular weight excluding hydrogens is 622 g/mol. The van der Waals surface area contributed by atoms with E-state index in [1.54, 1.807) is 0 Å². The zero-order chi connectivity index (χ0) is 37.2. The Morgan fingerprint density at radius 2 is 1.00 bits per heavy atom. The molecule has 0 bridgehead atoms. The molecule has 1 aromatic rings. The molecule has 1 atom stereocenters. The van der Waals surface area contributed by atoms with E-state index in [2.05, 4.69) is 40.4 Å². The number of benzene rings is 1. The van der Waals surface area contributed by atoms with Crippen LogP contribution in [0.3, 0.4) is 0 Å². The lowest BCUT2D eigenvalue weighted by Crippen LogP contribution is -2.54. The molecule has 0 aliphatic carbocycles. The molecule has 1 aliphatic rings. The van der Waals surface area contributed by atoms with Crippen LogP contribution in [-0.4, -0.2) is 132 Å². The van der Waals surface area contributed by atoms with Gasteiger partial charge in [-0.1, -0.05) is 32.9 Å². The van der Waals surface area contributed by atoms with Crippen LogP contribution in [0, 0.1) is 5.41 Å². The van der Waals surface area contributed by atoms with Crippen molar-refractivity contribution >= 4 is 23.6 Å².